The van der Waals surface area contributed by atoms with Gasteiger partial charge in [0.2, 0.25) is 23.6 Å². The van der Waals surface area contributed by atoms with Crippen LogP contribution in [0.25, 0.3) is 10.4 Å². The molecule has 1 saturated heterocycles. The smallest absolute Gasteiger partial charge is 0.280 e. The number of ether oxygens (including phenoxy) is 1. The third-order valence-corrected chi connectivity index (χ3v) is 14.3. The zero-order valence-electron chi connectivity index (χ0n) is 45.6. The average Bonchev–Trinajstić information content (AvgIpc) is 4.09. The van der Waals surface area contributed by atoms with Crippen LogP contribution in [0.1, 0.15) is 111 Å². The fraction of sp³-hybridized carbons (Fsp3) is 0.421. The molecule has 0 radical (unpaired) electrons. The van der Waals surface area contributed by atoms with Crippen LogP contribution in [0, 0.1) is 17.7 Å². The Bertz CT molecular complexity index is 2870. The van der Waals surface area contributed by atoms with E-state index >= 15 is 0 Å². The number of hydrazine groups is 1. The largest absolute Gasteiger partial charge is 0.494 e. The number of thiazole rings is 1. The number of benzene rings is 3. The molecule has 2 aromatic heterocycles. The van der Waals surface area contributed by atoms with Crippen molar-refractivity contribution in [2.24, 2.45) is 17.0 Å². The van der Waals surface area contributed by atoms with Gasteiger partial charge in [-0.25, -0.2) is 25.4 Å². The number of β-amino-alcohol motifs (C(OH)–C–C–N with tert-alkyl or cyclic N) is 1. The van der Waals surface area contributed by atoms with E-state index in [1.165, 1.54) is 15.8 Å². The summed E-state index contributed by atoms with van der Waals surface area (Å²) in [5.41, 5.74) is 17.9. The van der Waals surface area contributed by atoms with Crippen molar-refractivity contribution >= 4 is 52.3 Å². The minimum atomic E-state index is -0.895. The second-order valence-electron chi connectivity index (χ2n) is 20.7. The van der Waals surface area contributed by atoms with Gasteiger partial charge in [0, 0.05) is 62.9 Å². The van der Waals surface area contributed by atoms with Crippen molar-refractivity contribution in [3.8, 4) is 16.2 Å². The van der Waals surface area contributed by atoms with E-state index in [0.29, 0.717) is 61.7 Å². The number of aryl methyl sites for hydroxylation is 1. The summed E-state index contributed by atoms with van der Waals surface area (Å²) in [5.74, 6) is 6.34. The number of nitrogens with two attached hydrogens (primary N) is 2. The number of hydrogen-bond acceptors (Lipinski definition) is 14. The van der Waals surface area contributed by atoms with Crippen molar-refractivity contribution in [3.63, 3.8) is 0 Å². The number of unbranched alkanes of at least 4 members (excludes halogenated alkanes) is 4. The van der Waals surface area contributed by atoms with Crippen LogP contribution in [0.15, 0.2) is 109 Å². The second kappa shape index (κ2) is 29.2. The fourth-order valence-corrected chi connectivity index (χ4v) is 9.62. The number of quaternary nitrogens is 1. The van der Waals surface area contributed by atoms with Crippen molar-refractivity contribution < 1.29 is 39.3 Å². The number of anilines is 1. The number of hydrogen-bond donors (Lipinski definition) is 9. The number of nitrogens with zero attached hydrogens (tertiary/aromatic N) is 6. The third-order valence-electron chi connectivity index (χ3n) is 13.3. The molecule has 0 aliphatic carbocycles. The number of aliphatic hydroxyl groups is 1. The highest BCUT2D eigenvalue weighted by molar-refractivity contribution is 7.13. The Labute approximate surface area is 461 Å². The number of amidine groups is 2. The number of aromatic nitrogens is 3. The molecular weight excluding hydrogens is 1010 g/mol. The Morgan fingerprint density at radius 2 is 1.71 bits per heavy atom. The van der Waals surface area contributed by atoms with Crippen molar-refractivity contribution in [3.05, 3.63) is 137 Å². The first-order valence-electron chi connectivity index (χ1n) is 26.5. The van der Waals surface area contributed by atoms with Gasteiger partial charge in [-0.2, -0.15) is 5.41 Å². The number of carbonyl (C=O) groups is 4. The highest BCUT2D eigenvalue weighted by Crippen LogP contribution is 2.29. The van der Waals surface area contributed by atoms with E-state index in [9.17, 15) is 24.3 Å². The van der Waals surface area contributed by atoms with Crippen molar-refractivity contribution in [1.82, 2.24) is 40.8 Å². The van der Waals surface area contributed by atoms with Crippen molar-refractivity contribution in [2.45, 2.75) is 117 Å². The third kappa shape index (κ3) is 18.3. The lowest BCUT2D eigenvalue weighted by atomic mass is 9.85. The molecule has 3 aromatic carbocycles. The zero-order valence-corrected chi connectivity index (χ0v) is 46.4. The number of likely N-dealkylation sites (tertiary alicyclic amines) is 1. The highest BCUT2D eigenvalue weighted by Gasteiger charge is 2.44. The summed E-state index contributed by atoms with van der Waals surface area (Å²) < 4.78 is 7.57. The van der Waals surface area contributed by atoms with Gasteiger partial charge < -0.3 is 52.5 Å². The highest BCUT2D eigenvalue weighted by atomic mass is 32.1. The van der Waals surface area contributed by atoms with Crippen LogP contribution in [-0.4, -0.2) is 121 Å². The first kappa shape index (κ1) is 59.7. The summed E-state index contributed by atoms with van der Waals surface area (Å²) in [7, 11) is 1.69. The van der Waals surface area contributed by atoms with E-state index in [1.807, 2.05) is 94.0 Å². The molecule has 3 atom stereocenters. The van der Waals surface area contributed by atoms with Crippen molar-refractivity contribution in [1.29, 1.82) is 5.41 Å². The van der Waals surface area contributed by atoms with Crippen molar-refractivity contribution in [2.75, 3.05) is 38.6 Å². The summed E-state index contributed by atoms with van der Waals surface area (Å²) in [6, 6.07) is 22.6. The average molecular weight is 1090 g/mol. The lowest BCUT2D eigenvalue weighted by Crippen LogP contribution is -2.57. The Morgan fingerprint density at radius 1 is 0.962 bits per heavy atom. The van der Waals surface area contributed by atoms with Gasteiger partial charge in [-0.1, -0.05) is 76.1 Å². The Morgan fingerprint density at radius 3 is 2.44 bits per heavy atom. The maximum Gasteiger partial charge on any atom is 0.280 e. The molecule has 3 heterocycles. The Hall–Kier alpha value is -7.59. The van der Waals surface area contributed by atoms with Gasteiger partial charge in [0.05, 0.1) is 42.0 Å². The molecule has 1 aliphatic heterocycles. The molecule has 78 heavy (non-hydrogen) atoms. The van der Waals surface area contributed by atoms with E-state index in [4.69, 9.17) is 21.7 Å². The lowest BCUT2D eigenvalue weighted by molar-refractivity contribution is -0.373. The first-order valence-corrected chi connectivity index (χ1v) is 27.4. The SMILES string of the molecule is Cc1ncsc1-c1ccc(CNC(=O)[C@@H]2C[C@@H](O)CN2C(=O)[C@@H](NC(=O)CCCC/C([NH3+])=C/N(N)CCCCCCOc2cccc(CNC(=O)c3cccc(NCC(N)=[N+](C)C(=N)c4ccncn4)c3)c2)C(C)(C)C)cc1. The summed E-state index contributed by atoms with van der Waals surface area (Å²) in [5, 5.41) is 32.7. The molecule has 20 nitrogen and oxygen atoms in total. The molecule has 13 N–H and O–H groups in total. The lowest BCUT2D eigenvalue weighted by Gasteiger charge is -2.35. The van der Waals surface area contributed by atoms with Gasteiger partial charge in [-0.05, 0) is 91.1 Å². The quantitative estimate of drug-likeness (QED) is 0.00851. The van der Waals surface area contributed by atoms with Crippen LogP contribution in [-0.2, 0) is 27.5 Å². The fourth-order valence-electron chi connectivity index (χ4n) is 8.81. The maximum atomic E-state index is 14.1. The summed E-state index contributed by atoms with van der Waals surface area (Å²) >= 11 is 1.58. The first-order chi connectivity index (χ1) is 37.4. The molecule has 1 aliphatic rings. The molecule has 21 heteroatoms. The monoisotopic (exact) mass is 1090 g/mol. The minimum Gasteiger partial charge on any atom is -0.494 e. The molecule has 0 saturated carbocycles. The van der Waals surface area contributed by atoms with E-state index in [-0.39, 0.29) is 56.0 Å². The molecule has 5 aromatic rings. The Kier molecular flexibility index (Phi) is 22.4. The molecule has 0 bridgehead atoms. The summed E-state index contributed by atoms with van der Waals surface area (Å²) in [6.45, 7) is 9.67. The van der Waals surface area contributed by atoms with Gasteiger partial charge in [0.15, 0.2) is 0 Å². The van der Waals surface area contributed by atoms with Gasteiger partial charge >= 0.3 is 0 Å². The number of aliphatic hydroxyl groups excluding tert-OH is 1. The van der Waals surface area contributed by atoms with Crippen LogP contribution < -0.4 is 43.3 Å². The normalized spacial score (nSPS) is 15.2. The van der Waals surface area contributed by atoms with Crippen LogP contribution in [0.4, 0.5) is 5.69 Å². The molecule has 416 valence electrons. The van der Waals surface area contributed by atoms with E-state index < -0.39 is 29.5 Å². The van der Waals surface area contributed by atoms with E-state index in [0.717, 1.165) is 64.4 Å². The number of rotatable bonds is 27. The molecule has 0 spiro atoms. The van der Waals surface area contributed by atoms with Gasteiger partial charge in [-0.15, -0.1) is 11.3 Å². The van der Waals surface area contributed by atoms with Crippen LogP contribution in [0.3, 0.4) is 0 Å². The molecule has 6 rings (SSSR count). The number of nitrogens with one attached hydrogen (secondary N) is 5. The van der Waals surface area contributed by atoms with Crippen LogP contribution in [0.2, 0.25) is 0 Å². The topological polar surface area (TPSA) is 298 Å². The molecule has 0 unspecified atom stereocenters. The molecule has 1 fully saturated rings. The number of carbonyl (C=O) groups excluding carboxylic acids is 4. The minimum absolute atomic E-state index is 0.00799. The predicted molar refractivity (Wildman–Crippen MR) is 303 cm³/mol. The standard InChI is InChI=1S/C57H76N14O6S/c1-38-51(78-37-67-38)41-22-20-39(21-23-41)31-65-55(75)48-30-45(72)35-71(48)56(76)52(57(2,3)4)68-50(73)19-9-8-16-43(58)34-70(61)26-10-6-7-11-27-77-46-18-12-14-40(28-46)32-64-54(74)42-15-13-17-44(29-42)63-33-49(59)69(5)53(60)47-24-25-62-36-66-47/h12-15,17-18,20-25,28-29,34,36-37,45,48,52,59-60,63,72H,6-11,16,19,26-27,30-33,35,58,61H2,1-5H3,(H3,64,65,68,73,74,75)/p+2/b43-34-,60-53?/t45-,48+,52-/m1/s1. The van der Waals surface area contributed by atoms with Gasteiger partial charge in [0.25, 0.3) is 11.7 Å². The van der Waals surface area contributed by atoms with E-state index in [1.54, 1.807) is 53.9 Å². The molecule has 4 amide bonds. The van der Waals surface area contributed by atoms with Gasteiger partial charge in [-0.3, -0.25) is 19.2 Å². The summed E-state index contributed by atoms with van der Waals surface area (Å²) in [4.78, 5) is 68.7. The van der Waals surface area contributed by atoms with E-state index in [2.05, 4.69) is 42.0 Å². The van der Waals surface area contributed by atoms with Crippen LogP contribution in [0.5, 0.6) is 5.75 Å². The second-order valence-corrected chi connectivity index (χ2v) is 21.6. The molecular formula is C57H78N14O6S+2. The maximum absolute atomic E-state index is 14.1. The Balaban J connectivity index is 0.827. The number of amides is 4. The van der Waals surface area contributed by atoms with Crippen LogP contribution >= 0.6 is 11.3 Å². The zero-order chi connectivity index (χ0) is 56.2. The van der Waals surface area contributed by atoms with Gasteiger partial charge in [0.1, 0.15) is 42.1 Å². The summed E-state index contributed by atoms with van der Waals surface area (Å²) in [6.07, 6.45) is 9.93. The number of allylic oxidation sites excluding steroid dienone is 1. The predicted octanol–water partition coefficient (Wildman–Crippen LogP) is 4.84.